The van der Waals surface area contributed by atoms with Gasteiger partial charge in [0.05, 0.1) is 17.3 Å². The lowest BCUT2D eigenvalue weighted by Crippen LogP contribution is -2.30. The summed E-state index contributed by atoms with van der Waals surface area (Å²) in [5, 5.41) is 20.9. The molecule has 156 valence electrons. The van der Waals surface area contributed by atoms with Gasteiger partial charge in [-0.1, -0.05) is 40.2 Å². The zero-order valence-corrected chi connectivity index (χ0v) is 17.3. The van der Waals surface area contributed by atoms with Gasteiger partial charge in [0.2, 0.25) is 0 Å². The number of amides is 1. The summed E-state index contributed by atoms with van der Waals surface area (Å²) in [5.41, 5.74) is -0.264. The van der Waals surface area contributed by atoms with Gasteiger partial charge in [-0.05, 0) is 42.0 Å². The number of benzene rings is 3. The van der Waals surface area contributed by atoms with Crippen LogP contribution in [0.2, 0.25) is 0 Å². The van der Waals surface area contributed by atoms with Crippen molar-refractivity contribution in [2.24, 2.45) is 0 Å². The molecular formula is C23H14BrF2NO4. The molecule has 1 fully saturated rings. The first-order chi connectivity index (χ1) is 14.8. The Labute approximate surface area is 184 Å². The van der Waals surface area contributed by atoms with E-state index in [1.165, 1.54) is 36.4 Å². The molecule has 0 spiro atoms. The Morgan fingerprint density at radius 2 is 1.68 bits per heavy atom. The predicted molar refractivity (Wildman–Crippen MR) is 113 cm³/mol. The Balaban J connectivity index is 1.99. The topological polar surface area (TPSA) is 77.8 Å². The number of aromatic hydroxyl groups is 1. The highest BCUT2D eigenvalue weighted by atomic mass is 79.9. The first-order valence-electron chi connectivity index (χ1n) is 9.09. The minimum atomic E-state index is -1.29. The van der Waals surface area contributed by atoms with Crippen LogP contribution in [0.4, 0.5) is 14.5 Å². The standard InChI is InChI=1S/C23H14BrF2NO4/c24-14-6-4-12(5-7-14)21(29)19-20(13-2-1-3-16(28)10-13)27(23(31)22(19)30)18-11-15(25)8-9-17(18)26/h1-11,20,28-29H/b21-19+. The summed E-state index contributed by atoms with van der Waals surface area (Å²) in [5.74, 6) is -4.54. The Morgan fingerprint density at radius 1 is 0.968 bits per heavy atom. The van der Waals surface area contributed by atoms with E-state index in [-0.39, 0.29) is 22.4 Å². The van der Waals surface area contributed by atoms with E-state index < -0.39 is 40.8 Å². The number of anilines is 1. The van der Waals surface area contributed by atoms with E-state index in [1.807, 2.05) is 0 Å². The lowest BCUT2D eigenvalue weighted by molar-refractivity contribution is -0.132. The van der Waals surface area contributed by atoms with Crippen molar-refractivity contribution in [3.8, 4) is 5.75 Å². The maximum absolute atomic E-state index is 14.6. The van der Waals surface area contributed by atoms with Crippen molar-refractivity contribution in [1.82, 2.24) is 0 Å². The van der Waals surface area contributed by atoms with E-state index >= 15 is 0 Å². The molecule has 1 amide bonds. The van der Waals surface area contributed by atoms with Crippen LogP contribution in [0.25, 0.3) is 5.76 Å². The van der Waals surface area contributed by atoms with Crippen molar-refractivity contribution in [1.29, 1.82) is 0 Å². The number of carbonyl (C=O) groups is 2. The van der Waals surface area contributed by atoms with Crippen LogP contribution < -0.4 is 4.90 Å². The lowest BCUT2D eigenvalue weighted by atomic mass is 9.95. The molecule has 0 saturated carbocycles. The van der Waals surface area contributed by atoms with Gasteiger partial charge in [0.1, 0.15) is 23.1 Å². The van der Waals surface area contributed by atoms with E-state index in [1.54, 1.807) is 12.1 Å². The smallest absolute Gasteiger partial charge is 0.300 e. The second-order valence-corrected chi connectivity index (χ2v) is 7.78. The molecular weight excluding hydrogens is 472 g/mol. The highest BCUT2D eigenvalue weighted by molar-refractivity contribution is 9.10. The van der Waals surface area contributed by atoms with Crippen LogP contribution in [0, 0.1) is 11.6 Å². The summed E-state index contributed by atoms with van der Waals surface area (Å²) >= 11 is 3.28. The first-order valence-corrected chi connectivity index (χ1v) is 9.88. The molecule has 1 unspecified atom stereocenters. The molecule has 31 heavy (non-hydrogen) atoms. The summed E-state index contributed by atoms with van der Waals surface area (Å²) in [6.07, 6.45) is 0. The molecule has 1 atom stereocenters. The molecule has 2 N–H and O–H groups in total. The zero-order valence-electron chi connectivity index (χ0n) is 15.7. The molecule has 0 radical (unpaired) electrons. The summed E-state index contributed by atoms with van der Waals surface area (Å²) in [4.78, 5) is 26.6. The van der Waals surface area contributed by atoms with E-state index in [4.69, 9.17) is 0 Å². The fourth-order valence-electron chi connectivity index (χ4n) is 3.52. The Bertz CT molecular complexity index is 1240. The molecule has 5 nitrogen and oxygen atoms in total. The highest BCUT2D eigenvalue weighted by Gasteiger charge is 2.47. The van der Waals surface area contributed by atoms with E-state index in [9.17, 15) is 28.6 Å². The molecule has 0 aromatic heterocycles. The predicted octanol–water partition coefficient (Wildman–Crippen LogP) is 5.06. The lowest BCUT2D eigenvalue weighted by Gasteiger charge is -2.26. The molecule has 0 aliphatic carbocycles. The van der Waals surface area contributed by atoms with Crippen molar-refractivity contribution in [3.63, 3.8) is 0 Å². The van der Waals surface area contributed by atoms with Gasteiger partial charge in [-0.3, -0.25) is 14.5 Å². The van der Waals surface area contributed by atoms with Gasteiger partial charge in [0.25, 0.3) is 11.7 Å². The summed E-state index contributed by atoms with van der Waals surface area (Å²) in [6, 6.07) is 13.3. The van der Waals surface area contributed by atoms with Gasteiger partial charge < -0.3 is 10.2 Å². The molecule has 1 aliphatic heterocycles. The number of rotatable bonds is 3. The number of aliphatic hydroxyl groups excluding tert-OH is 1. The molecule has 4 rings (SSSR count). The molecule has 1 saturated heterocycles. The highest BCUT2D eigenvalue weighted by Crippen LogP contribution is 2.43. The van der Waals surface area contributed by atoms with Gasteiger partial charge in [-0.15, -0.1) is 0 Å². The summed E-state index contributed by atoms with van der Waals surface area (Å²) < 4.78 is 29.2. The maximum atomic E-state index is 14.6. The first kappa shape index (κ1) is 20.7. The molecule has 8 heteroatoms. The molecule has 0 bridgehead atoms. The van der Waals surface area contributed by atoms with Crippen molar-refractivity contribution in [2.45, 2.75) is 6.04 Å². The average Bonchev–Trinajstić information content (AvgIpc) is 3.00. The largest absolute Gasteiger partial charge is 0.508 e. The minimum absolute atomic E-state index is 0.161. The third-order valence-corrected chi connectivity index (χ3v) is 5.44. The second kappa shape index (κ2) is 7.96. The van der Waals surface area contributed by atoms with Crippen molar-refractivity contribution in [2.75, 3.05) is 4.90 Å². The average molecular weight is 486 g/mol. The summed E-state index contributed by atoms with van der Waals surface area (Å²) in [6.45, 7) is 0. The van der Waals surface area contributed by atoms with Crippen LogP contribution in [0.15, 0.2) is 76.8 Å². The fourth-order valence-corrected chi connectivity index (χ4v) is 3.79. The van der Waals surface area contributed by atoms with E-state index in [2.05, 4.69) is 15.9 Å². The number of phenolic OH excluding ortho intramolecular Hbond substituents is 1. The SMILES string of the molecule is O=C1C(=O)N(c2cc(F)ccc2F)C(c2cccc(O)c2)/C1=C(\O)c1ccc(Br)cc1. The molecule has 3 aromatic carbocycles. The van der Waals surface area contributed by atoms with Crippen LogP contribution in [0.3, 0.4) is 0 Å². The van der Waals surface area contributed by atoms with Crippen LogP contribution in [-0.4, -0.2) is 21.9 Å². The maximum Gasteiger partial charge on any atom is 0.300 e. The monoisotopic (exact) mass is 485 g/mol. The van der Waals surface area contributed by atoms with Gasteiger partial charge in [-0.25, -0.2) is 8.78 Å². The number of carbonyl (C=O) groups excluding carboxylic acids is 2. The molecule has 1 aliphatic rings. The quantitative estimate of drug-likeness (QED) is 0.308. The number of phenols is 1. The molecule has 3 aromatic rings. The van der Waals surface area contributed by atoms with Crippen LogP contribution in [-0.2, 0) is 9.59 Å². The number of ketones is 1. The number of Topliss-reactive ketones (excluding diaryl/α,β-unsaturated/α-hetero) is 1. The van der Waals surface area contributed by atoms with Gasteiger partial charge in [0.15, 0.2) is 0 Å². The van der Waals surface area contributed by atoms with E-state index in [0.29, 0.717) is 0 Å². The van der Waals surface area contributed by atoms with Gasteiger partial charge in [0, 0.05) is 16.1 Å². The van der Waals surface area contributed by atoms with Crippen molar-refractivity contribution >= 4 is 39.1 Å². The fraction of sp³-hybridized carbons (Fsp3) is 0.0435. The third kappa shape index (κ3) is 3.70. The van der Waals surface area contributed by atoms with Crippen LogP contribution in [0.1, 0.15) is 17.2 Å². The second-order valence-electron chi connectivity index (χ2n) is 6.87. The Kier molecular flexibility index (Phi) is 5.32. The van der Waals surface area contributed by atoms with Gasteiger partial charge >= 0.3 is 0 Å². The number of halogens is 3. The normalized spacial score (nSPS) is 17.9. The minimum Gasteiger partial charge on any atom is -0.508 e. The van der Waals surface area contributed by atoms with E-state index in [0.717, 1.165) is 27.6 Å². The van der Waals surface area contributed by atoms with Crippen molar-refractivity contribution in [3.05, 3.63) is 99.5 Å². The summed E-state index contributed by atoms with van der Waals surface area (Å²) in [7, 11) is 0. The van der Waals surface area contributed by atoms with Gasteiger partial charge in [-0.2, -0.15) is 0 Å². The molecule has 1 heterocycles. The zero-order chi connectivity index (χ0) is 22.3. The number of hydrogen-bond donors (Lipinski definition) is 2. The number of aliphatic hydroxyl groups is 1. The van der Waals surface area contributed by atoms with Crippen LogP contribution >= 0.6 is 15.9 Å². The third-order valence-electron chi connectivity index (χ3n) is 4.92. The number of hydrogen-bond acceptors (Lipinski definition) is 4. The van der Waals surface area contributed by atoms with Crippen LogP contribution in [0.5, 0.6) is 5.75 Å². The number of nitrogens with zero attached hydrogens (tertiary/aromatic N) is 1. The Morgan fingerprint density at radius 3 is 2.35 bits per heavy atom. The van der Waals surface area contributed by atoms with Crippen molar-refractivity contribution < 1.29 is 28.6 Å². The Hall–Kier alpha value is -3.52.